The first kappa shape index (κ1) is 20.7. The molecule has 1 saturated heterocycles. The summed E-state index contributed by atoms with van der Waals surface area (Å²) < 4.78 is 16.1. The number of hydrogen-bond acceptors (Lipinski definition) is 7. The molecule has 0 saturated carbocycles. The van der Waals surface area contributed by atoms with Crippen LogP contribution >= 0.6 is 11.6 Å². The van der Waals surface area contributed by atoms with Gasteiger partial charge in [0, 0.05) is 48.9 Å². The summed E-state index contributed by atoms with van der Waals surface area (Å²) in [6.07, 6.45) is 0. The van der Waals surface area contributed by atoms with Gasteiger partial charge in [0.2, 0.25) is 11.7 Å². The average molecular weight is 429 g/mol. The van der Waals surface area contributed by atoms with Gasteiger partial charge in [0.15, 0.2) is 0 Å². The van der Waals surface area contributed by atoms with Gasteiger partial charge in [-0.05, 0) is 42.5 Å². The lowest BCUT2D eigenvalue weighted by molar-refractivity contribution is 0.111. The van der Waals surface area contributed by atoms with Crippen molar-refractivity contribution in [3.8, 4) is 22.9 Å². The van der Waals surface area contributed by atoms with E-state index < -0.39 is 0 Å². The zero-order chi connectivity index (χ0) is 20.9. The molecule has 0 atom stereocenters. The van der Waals surface area contributed by atoms with Crippen LogP contribution in [0.2, 0.25) is 5.02 Å². The first-order chi connectivity index (χ1) is 14.6. The molecule has 2 aromatic carbocycles. The van der Waals surface area contributed by atoms with E-state index >= 15 is 0 Å². The minimum atomic E-state index is 0.597. The summed E-state index contributed by atoms with van der Waals surface area (Å²) in [4.78, 5) is 9.28. The van der Waals surface area contributed by atoms with E-state index in [2.05, 4.69) is 19.9 Å². The Morgan fingerprint density at radius 2 is 1.63 bits per heavy atom. The number of benzene rings is 2. The molecule has 0 unspecified atom stereocenters. The molecule has 8 heteroatoms. The molecule has 0 amide bonds. The average Bonchev–Trinajstić information content (AvgIpc) is 3.24. The fourth-order valence-corrected chi connectivity index (χ4v) is 3.78. The zero-order valence-corrected chi connectivity index (χ0v) is 17.9. The van der Waals surface area contributed by atoms with E-state index in [1.165, 1.54) is 0 Å². The van der Waals surface area contributed by atoms with Crippen molar-refractivity contribution in [2.75, 3.05) is 40.4 Å². The Kier molecular flexibility index (Phi) is 6.52. The Balaban J connectivity index is 1.31. The molecular weight excluding hydrogens is 404 g/mol. The van der Waals surface area contributed by atoms with Crippen LogP contribution in [0, 0.1) is 0 Å². The van der Waals surface area contributed by atoms with Crippen molar-refractivity contribution in [1.82, 2.24) is 19.9 Å². The Morgan fingerprint density at radius 1 is 0.933 bits per heavy atom. The second-order valence-electron chi connectivity index (χ2n) is 7.25. The molecule has 4 rings (SSSR count). The predicted octanol–water partition coefficient (Wildman–Crippen LogP) is 3.73. The Hall–Kier alpha value is -2.61. The summed E-state index contributed by atoms with van der Waals surface area (Å²) in [7, 11) is 3.34. The van der Waals surface area contributed by atoms with Gasteiger partial charge in [0.1, 0.15) is 11.5 Å². The third kappa shape index (κ3) is 4.92. The molecule has 0 spiro atoms. The molecule has 1 aliphatic rings. The number of nitrogens with zero attached hydrogens (tertiary/aromatic N) is 4. The van der Waals surface area contributed by atoms with Crippen LogP contribution < -0.4 is 9.47 Å². The smallest absolute Gasteiger partial charge is 0.241 e. The molecule has 2 heterocycles. The molecule has 7 nitrogen and oxygen atoms in total. The number of aromatic nitrogens is 2. The normalized spacial score (nSPS) is 15.3. The second-order valence-corrected chi connectivity index (χ2v) is 7.69. The lowest BCUT2D eigenvalue weighted by Gasteiger charge is -2.34. The fourth-order valence-electron chi connectivity index (χ4n) is 3.58. The minimum absolute atomic E-state index is 0.597. The topological polar surface area (TPSA) is 63.9 Å². The molecule has 1 aromatic heterocycles. The van der Waals surface area contributed by atoms with Gasteiger partial charge in [-0.15, -0.1) is 0 Å². The lowest BCUT2D eigenvalue weighted by Crippen LogP contribution is -2.45. The monoisotopic (exact) mass is 428 g/mol. The number of rotatable bonds is 7. The molecule has 1 aliphatic heterocycles. The van der Waals surface area contributed by atoms with Crippen molar-refractivity contribution in [3.63, 3.8) is 0 Å². The molecule has 0 aliphatic carbocycles. The Morgan fingerprint density at radius 3 is 2.30 bits per heavy atom. The van der Waals surface area contributed by atoms with Crippen LogP contribution in [-0.2, 0) is 13.1 Å². The van der Waals surface area contributed by atoms with Crippen molar-refractivity contribution < 1.29 is 14.0 Å². The van der Waals surface area contributed by atoms with Crippen LogP contribution in [0.4, 0.5) is 0 Å². The van der Waals surface area contributed by atoms with Gasteiger partial charge < -0.3 is 14.0 Å². The highest BCUT2D eigenvalue weighted by Crippen LogP contribution is 2.25. The number of hydrogen-bond donors (Lipinski definition) is 0. The molecule has 0 radical (unpaired) electrons. The summed E-state index contributed by atoms with van der Waals surface area (Å²) in [5.41, 5.74) is 2.02. The minimum Gasteiger partial charge on any atom is -0.497 e. The van der Waals surface area contributed by atoms with Crippen molar-refractivity contribution in [2.45, 2.75) is 13.1 Å². The van der Waals surface area contributed by atoms with Gasteiger partial charge in [0.05, 0.1) is 20.8 Å². The number of methoxy groups -OCH3 is 2. The van der Waals surface area contributed by atoms with Gasteiger partial charge in [-0.1, -0.05) is 16.8 Å². The van der Waals surface area contributed by atoms with E-state index in [4.69, 9.17) is 25.6 Å². The summed E-state index contributed by atoms with van der Waals surface area (Å²) in [6, 6.07) is 13.4. The third-order valence-corrected chi connectivity index (χ3v) is 5.51. The van der Waals surface area contributed by atoms with E-state index in [0.29, 0.717) is 18.3 Å². The van der Waals surface area contributed by atoms with Crippen molar-refractivity contribution in [3.05, 3.63) is 58.9 Å². The largest absolute Gasteiger partial charge is 0.497 e. The van der Waals surface area contributed by atoms with Crippen LogP contribution in [0.15, 0.2) is 47.0 Å². The maximum atomic E-state index is 6.15. The molecule has 1 fully saturated rings. The molecule has 30 heavy (non-hydrogen) atoms. The third-order valence-electron chi connectivity index (χ3n) is 5.28. The van der Waals surface area contributed by atoms with Crippen LogP contribution in [0.25, 0.3) is 11.4 Å². The van der Waals surface area contributed by atoms with E-state index in [1.807, 2.05) is 42.5 Å². The van der Waals surface area contributed by atoms with Crippen LogP contribution in [-0.4, -0.2) is 60.3 Å². The fraction of sp³-hybridized carbons (Fsp3) is 0.364. The number of ether oxygens (including phenoxy) is 2. The first-order valence-electron chi connectivity index (χ1n) is 9.89. The lowest BCUT2D eigenvalue weighted by atomic mass is 10.1. The van der Waals surface area contributed by atoms with Gasteiger partial charge in [0.25, 0.3) is 0 Å². The Bertz CT molecular complexity index is 969. The second kappa shape index (κ2) is 9.47. The van der Waals surface area contributed by atoms with E-state index in [0.717, 1.165) is 60.4 Å². The maximum absolute atomic E-state index is 6.15. The molecule has 0 N–H and O–H groups in total. The van der Waals surface area contributed by atoms with E-state index in [1.54, 1.807) is 14.2 Å². The van der Waals surface area contributed by atoms with Crippen LogP contribution in [0.3, 0.4) is 0 Å². The Labute approximate surface area is 181 Å². The number of piperazine rings is 1. The summed E-state index contributed by atoms with van der Waals surface area (Å²) in [5, 5.41) is 4.85. The van der Waals surface area contributed by atoms with Crippen molar-refractivity contribution in [2.24, 2.45) is 0 Å². The van der Waals surface area contributed by atoms with E-state index in [9.17, 15) is 0 Å². The molecule has 158 valence electrons. The quantitative estimate of drug-likeness (QED) is 0.568. The molecule has 3 aromatic rings. The zero-order valence-electron chi connectivity index (χ0n) is 17.2. The molecule has 0 bridgehead atoms. The first-order valence-corrected chi connectivity index (χ1v) is 10.3. The van der Waals surface area contributed by atoms with Crippen molar-refractivity contribution in [1.29, 1.82) is 0 Å². The predicted molar refractivity (Wildman–Crippen MR) is 115 cm³/mol. The van der Waals surface area contributed by atoms with Gasteiger partial charge >= 0.3 is 0 Å². The standard InChI is InChI=1S/C22H25ClN4O3/c1-28-19-6-3-16(4-7-19)22-24-21(30-25-22)15-27-11-9-26(10-12-27)14-17-13-18(23)5-8-20(17)29-2/h3-8,13H,9-12,14-15H2,1-2H3. The van der Waals surface area contributed by atoms with Crippen LogP contribution in [0.5, 0.6) is 11.5 Å². The maximum Gasteiger partial charge on any atom is 0.241 e. The highest BCUT2D eigenvalue weighted by Gasteiger charge is 2.20. The summed E-state index contributed by atoms with van der Waals surface area (Å²) in [5.74, 6) is 2.90. The summed E-state index contributed by atoms with van der Waals surface area (Å²) >= 11 is 6.15. The van der Waals surface area contributed by atoms with Gasteiger partial charge in [-0.25, -0.2) is 0 Å². The highest BCUT2D eigenvalue weighted by atomic mass is 35.5. The van der Waals surface area contributed by atoms with Gasteiger partial charge in [-0.2, -0.15) is 4.98 Å². The van der Waals surface area contributed by atoms with E-state index in [-0.39, 0.29) is 0 Å². The summed E-state index contributed by atoms with van der Waals surface area (Å²) in [6.45, 7) is 5.24. The van der Waals surface area contributed by atoms with Gasteiger partial charge in [-0.3, -0.25) is 9.80 Å². The van der Waals surface area contributed by atoms with Crippen molar-refractivity contribution >= 4 is 11.6 Å². The number of halogens is 1. The molecular formula is C22H25ClN4O3. The highest BCUT2D eigenvalue weighted by molar-refractivity contribution is 6.30. The SMILES string of the molecule is COc1ccc(-c2noc(CN3CCN(Cc4cc(Cl)ccc4OC)CC3)n2)cc1. The van der Waals surface area contributed by atoms with Crippen LogP contribution in [0.1, 0.15) is 11.5 Å².